The molecule has 0 saturated heterocycles. The first-order valence-corrected chi connectivity index (χ1v) is 5.43. The number of methoxy groups -OCH3 is 1. The van der Waals surface area contributed by atoms with Crippen molar-refractivity contribution in [1.82, 2.24) is 0 Å². The van der Waals surface area contributed by atoms with E-state index in [4.69, 9.17) is 10.5 Å². The number of hydrogen-bond acceptors (Lipinski definition) is 2. The smallest absolute Gasteiger partial charge is 0.123 e. The highest BCUT2D eigenvalue weighted by atomic mass is 79.9. The van der Waals surface area contributed by atoms with Crippen molar-refractivity contribution in [2.75, 3.05) is 7.11 Å². The van der Waals surface area contributed by atoms with E-state index in [9.17, 15) is 0 Å². The normalized spacial score (nSPS) is 14.9. The van der Waals surface area contributed by atoms with Crippen LogP contribution in [-0.2, 0) is 5.54 Å². The number of nitrogens with two attached hydrogens (primary N) is 1. The van der Waals surface area contributed by atoms with Crippen LogP contribution < -0.4 is 10.5 Å². The third-order valence-electron chi connectivity index (χ3n) is 2.51. The Bertz CT molecular complexity index is 323. The van der Waals surface area contributed by atoms with Crippen LogP contribution in [-0.4, -0.2) is 7.11 Å². The lowest BCUT2D eigenvalue weighted by molar-refractivity contribution is 0.383. The van der Waals surface area contributed by atoms with Crippen LogP contribution in [0.1, 0.15) is 25.8 Å². The van der Waals surface area contributed by atoms with Crippen LogP contribution in [0.4, 0.5) is 0 Å². The number of hydrogen-bond donors (Lipinski definition) is 1. The Morgan fingerprint density at radius 3 is 2.64 bits per heavy atom. The maximum absolute atomic E-state index is 6.18. The van der Waals surface area contributed by atoms with Gasteiger partial charge in [-0.25, -0.2) is 0 Å². The van der Waals surface area contributed by atoms with Crippen molar-refractivity contribution >= 4 is 15.9 Å². The van der Waals surface area contributed by atoms with Crippen molar-refractivity contribution < 1.29 is 4.74 Å². The van der Waals surface area contributed by atoms with Crippen molar-refractivity contribution in [2.24, 2.45) is 5.73 Å². The largest absolute Gasteiger partial charge is 0.496 e. The molecule has 0 fully saturated rings. The average molecular weight is 258 g/mol. The lowest BCUT2D eigenvalue weighted by atomic mass is 9.90. The van der Waals surface area contributed by atoms with Crippen molar-refractivity contribution in [2.45, 2.75) is 25.8 Å². The first-order valence-electron chi connectivity index (χ1n) is 4.64. The predicted molar refractivity (Wildman–Crippen MR) is 62.5 cm³/mol. The second-order valence-electron chi connectivity index (χ2n) is 3.62. The number of rotatable bonds is 3. The van der Waals surface area contributed by atoms with Gasteiger partial charge in [0.1, 0.15) is 5.75 Å². The summed E-state index contributed by atoms with van der Waals surface area (Å²) in [7, 11) is 1.67. The minimum atomic E-state index is -0.338. The highest BCUT2D eigenvalue weighted by Crippen LogP contribution is 2.32. The minimum Gasteiger partial charge on any atom is -0.496 e. The monoisotopic (exact) mass is 257 g/mol. The van der Waals surface area contributed by atoms with Gasteiger partial charge in [-0.05, 0) is 31.5 Å². The summed E-state index contributed by atoms with van der Waals surface area (Å²) < 4.78 is 6.31. The maximum atomic E-state index is 6.18. The van der Waals surface area contributed by atoms with Crippen LogP contribution in [0.15, 0.2) is 22.7 Å². The molecule has 14 heavy (non-hydrogen) atoms. The summed E-state index contributed by atoms with van der Waals surface area (Å²) in [5.41, 5.74) is 6.88. The van der Waals surface area contributed by atoms with Crippen LogP contribution in [0.5, 0.6) is 5.75 Å². The number of benzene rings is 1. The molecule has 2 nitrogen and oxygen atoms in total. The standard InChI is InChI=1S/C11H16BrNO/c1-4-11(2,13)9-7-8(12)5-6-10(9)14-3/h5-7H,4,13H2,1-3H3. The molecule has 0 spiro atoms. The Morgan fingerprint density at radius 1 is 1.50 bits per heavy atom. The first-order chi connectivity index (χ1) is 6.51. The summed E-state index contributed by atoms with van der Waals surface area (Å²) in [4.78, 5) is 0. The molecule has 0 aliphatic rings. The van der Waals surface area contributed by atoms with Gasteiger partial charge in [0.05, 0.1) is 7.11 Å². The van der Waals surface area contributed by atoms with E-state index in [0.29, 0.717) is 0 Å². The highest BCUT2D eigenvalue weighted by molar-refractivity contribution is 9.10. The molecule has 1 atom stereocenters. The molecule has 3 heteroatoms. The lowest BCUT2D eigenvalue weighted by Crippen LogP contribution is -2.32. The maximum Gasteiger partial charge on any atom is 0.123 e. The summed E-state index contributed by atoms with van der Waals surface area (Å²) in [5, 5.41) is 0. The van der Waals surface area contributed by atoms with E-state index in [-0.39, 0.29) is 5.54 Å². The van der Waals surface area contributed by atoms with E-state index in [2.05, 4.69) is 22.9 Å². The molecule has 78 valence electrons. The summed E-state index contributed by atoms with van der Waals surface area (Å²) in [6.07, 6.45) is 0.875. The van der Waals surface area contributed by atoms with Crippen LogP contribution in [0.2, 0.25) is 0 Å². The second kappa shape index (κ2) is 4.32. The van der Waals surface area contributed by atoms with Gasteiger partial charge in [-0.15, -0.1) is 0 Å². The van der Waals surface area contributed by atoms with Gasteiger partial charge < -0.3 is 10.5 Å². The van der Waals surface area contributed by atoms with E-state index in [1.54, 1.807) is 7.11 Å². The molecule has 0 aliphatic heterocycles. The van der Waals surface area contributed by atoms with Crippen LogP contribution in [0, 0.1) is 0 Å². The molecule has 0 aliphatic carbocycles. The lowest BCUT2D eigenvalue weighted by Gasteiger charge is -2.25. The molecular formula is C11H16BrNO. The molecule has 0 saturated carbocycles. The van der Waals surface area contributed by atoms with E-state index in [0.717, 1.165) is 22.2 Å². The SMILES string of the molecule is CCC(C)(N)c1cc(Br)ccc1OC. The fourth-order valence-corrected chi connectivity index (χ4v) is 1.68. The molecule has 1 aromatic carbocycles. The van der Waals surface area contributed by atoms with Crippen molar-refractivity contribution in [3.05, 3.63) is 28.2 Å². The molecule has 0 bridgehead atoms. The highest BCUT2D eigenvalue weighted by Gasteiger charge is 2.22. The fraction of sp³-hybridized carbons (Fsp3) is 0.455. The van der Waals surface area contributed by atoms with Crippen LogP contribution >= 0.6 is 15.9 Å². The zero-order chi connectivity index (χ0) is 10.8. The first kappa shape index (κ1) is 11.5. The average Bonchev–Trinajstić information content (AvgIpc) is 2.18. The summed E-state index contributed by atoms with van der Waals surface area (Å²) >= 11 is 3.44. The molecule has 0 amide bonds. The number of halogens is 1. The van der Waals surface area contributed by atoms with Gasteiger partial charge in [0, 0.05) is 15.6 Å². The number of ether oxygens (including phenoxy) is 1. The third-order valence-corrected chi connectivity index (χ3v) is 3.00. The van der Waals surface area contributed by atoms with E-state index < -0.39 is 0 Å². The third kappa shape index (κ3) is 2.28. The van der Waals surface area contributed by atoms with Crippen molar-refractivity contribution in [3.8, 4) is 5.75 Å². The van der Waals surface area contributed by atoms with Crippen LogP contribution in [0.25, 0.3) is 0 Å². The van der Waals surface area contributed by atoms with E-state index >= 15 is 0 Å². The zero-order valence-corrected chi connectivity index (χ0v) is 10.4. The van der Waals surface area contributed by atoms with Gasteiger partial charge in [-0.2, -0.15) is 0 Å². The molecule has 0 aromatic heterocycles. The fourth-order valence-electron chi connectivity index (χ4n) is 1.32. The zero-order valence-electron chi connectivity index (χ0n) is 8.80. The topological polar surface area (TPSA) is 35.2 Å². The molecule has 0 radical (unpaired) electrons. The minimum absolute atomic E-state index is 0.338. The quantitative estimate of drug-likeness (QED) is 0.904. The molecule has 1 rings (SSSR count). The molecule has 0 heterocycles. The Morgan fingerprint density at radius 2 is 2.14 bits per heavy atom. The van der Waals surface area contributed by atoms with Crippen molar-refractivity contribution in [3.63, 3.8) is 0 Å². The Kier molecular flexibility index (Phi) is 3.56. The Hall–Kier alpha value is -0.540. The van der Waals surface area contributed by atoms with Crippen molar-refractivity contribution in [1.29, 1.82) is 0 Å². The summed E-state index contributed by atoms with van der Waals surface area (Å²) in [5.74, 6) is 0.847. The predicted octanol–water partition coefficient (Wildman–Crippen LogP) is 3.04. The molecule has 1 aromatic rings. The second-order valence-corrected chi connectivity index (χ2v) is 4.53. The van der Waals surface area contributed by atoms with Crippen LogP contribution in [0.3, 0.4) is 0 Å². The summed E-state index contributed by atoms with van der Waals surface area (Å²) in [6, 6.07) is 5.90. The Balaban J connectivity index is 3.23. The van der Waals surface area contributed by atoms with Gasteiger partial charge in [0.15, 0.2) is 0 Å². The van der Waals surface area contributed by atoms with Gasteiger partial charge in [0.2, 0.25) is 0 Å². The van der Waals surface area contributed by atoms with Gasteiger partial charge in [-0.3, -0.25) is 0 Å². The summed E-state index contributed by atoms with van der Waals surface area (Å²) in [6.45, 7) is 4.08. The van der Waals surface area contributed by atoms with Gasteiger partial charge >= 0.3 is 0 Å². The molecule has 2 N–H and O–H groups in total. The Labute approximate surface area is 93.6 Å². The van der Waals surface area contributed by atoms with Gasteiger partial charge in [-0.1, -0.05) is 22.9 Å². The molecule has 1 unspecified atom stereocenters. The molecular weight excluding hydrogens is 242 g/mol. The van der Waals surface area contributed by atoms with Gasteiger partial charge in [0.25, 0.3) is 0 Å². The van der Waals surface area contributed by atoms with E-state index in [1.165, 1.54) is 0 Å². The van der Waals surface area contributed by atoms with E-state index in [1.807, 2.05) is 25.1 Å².